The summed E-state index contributed by atoms with van der Waals surface area (Å²) in [6.07, 6.45) is 0. The average molecular weight is 152 g/mol. The molecule has 0 saturated heterocycles. The number of aliphatic carboxylic acids is 2. The van der Waals surface area contributed by atoms with Crippen LogP contribution in [0.5, 0.6) is 0 Å². The average Bonchev–Trinajstić information content (AvgIpc) is 1.25. The van der Waals surface area contributed by atoms with Crippen LogP contribution in [0, 0.1) is 0 Å². The Labute approximate surface area is 59.9 Å². The summed E-state index contributed by atoms with van der Waals surface area (Å²) >= 11 is 0. The van der Waals surface area contributed by atoms with Crippen molar-refractivity contribution < 1.29 is 19.8 Å². The predicted octanol–water partition coefficient (Wildman–Crippen LogP) is 0.830. The number of hydrogen-bond acceptors (Lipinski definition) is 2. The fourth-order valence-corrected chi connectivity index (χ4v) is 0. The highest BCUT2D eigenvalue weighted by atomic mass is 32.1. The van der Waals surface area contributed by atoms with Gasteiger partial charge < -0.3 is 10.2 Å². The van der Waals surface area contributed by atoms with Crippen LogP contribution >= 0.6 is 13.5 Å². The van der Waals surface area contributed by atoms with Gasteiger partial charge in [0.25, 0.3) is 11.9 Å². The van der Waals surface area contributed by atoms with E-state index >= 15 is 0 Å². The second-order valence-electron chi connectivity index (χ2n) is 1.04. The zero-order valence-corrected chi connectivity index (χ0v) is 5.94. The molecule has 0 spiro atoms. The van der Waals surface area contributed by atoms with E-state index in [0.29, 0.717) is 0 Å². The highest BCUT2D eigenvalue weighted by molar-refractivity contribution is 7.59. The monoisotopic (exact) mass is 152 g/mol. The van der Waals surface area contributed by atoms with Crippen molar-refractivity contribution in [2.75, 3.05) is 0 Å². The number of rotatable bonds is 0. The topological polar surface area (TPSA) is 74.6 Å². The summed E-state index contributed by atoms with van der Waals surface area (Å²) in [5.74, 6) is -1.67. The molecule has 0 bridgehead atoms. The zero-order chi connectivity index (χ0) is 7.15. The van der Waals surface area contributed by atoms with Crippen molar-refractivity contribution in [2.45, 2.75) is 13.8 Å². The summed E-state index contributed by atoms with van der Waals surface area (Å²) in [4.78, 5) is 18.0. The first kappa shape index (κ1) is 15.7. The van der Waals surface area contributed by atoms with Crippen molar-refractivity contribution >= 4 is 25.4 Å². The van der Waals surface area contributed by atoms with Crippen LogP contribution in [-0.2, 0) is 9.59 Å². The van der Waals surface area contributed by atoms with Gasteiger partial charge in [-0.25, -0.2) is 0 Å². The molecule has 0 aromatic carbocycles. The Kier molecular flexibility index (Phi) is 18.0. The Morgan fingerprint density at radius 3 is 1.00 bits per heavy atom. The van der Waals surface area contributed by atoms with Crippen LogP contribution in [0.4, 0.5) is 0 Å². The van der Waals surface area contributed by atoms with E-state index in [0.717, 1.165) is 13.8 Å². The molecule has 0 aromatic heterocycles. The SMILES string of the molecule is CC(=O)O.CC(=O)O.[S]. The largest absolute Gasteiger partial charge is 0.481 e. The molecule has 0 fully saturated rings. The van der Waals surface area contributed by atoms with Gasteiger partial charge in [-0.2, -0.15) is 0 Å². The van der Waals surface area contributed by atoms with Crippen molar-refractivity contribution in [3.05, 3.63) is 0 Å². The van der Waals surface area contributed by atoms with Gasteiger partial charge in [0, 0.05) is 27.3 Å². The van der Waals surface area contributed by atoms with E-state index in [1.165, 1.54) is 0 Å². The van der Waals surface area contributed by atoms with Crippen LogP contribution in [0.25, 0.3) is 0 Å². The minimum absolute atomic E-state index is 0. The van der Waals surface area contributed by atoms with Crippen LogP contribution in [0.3, 0.4) is 0 Å². The molecule has 4 nitrogen and oxygen atoms in total. The Hall–Kier alpha value is -0.710. The lowest BCUT2D eigenvalue weighted by Gasteiger charge is -1.59. The van der Waals surface area contributed by atoms with Gasteiger partial charge in [0.2, 0.25) is 0 Å². The quantitative estimate of drug-likeness (QED) is 0.539. The van der Waals surface area contributed by atoms with Crippen molar-refractivity contribution in [3.63, 3.8) is 0 Å². The third kappa shape index (κ3) is 405. The van der Waals surface area contributed by atoms with Gasteiger partial charge >= 0.3 is 0 Å². The molecule has 2 N–H and O–H groups in total. The standard InChI is InChI=1S/2C2H4O2.S/c2*1-2(3)4;/h2*1H3,(H,3,4);. The number of carboxylic acids is 2. The van der Waals surface area contributed by atoms with Crippen LogP contribution in [0.15, 0.2) is 0 Å². The maximum atomic E-state index is 9.00. The molecule has 9 heavy (non-hydrogen) atoms. The fourth-order valence-electron chi connectivity index (χ4n) is 0. The third-order valence-corrected chi connectivity index (χ3v) is 0. The Bertz CT molecular complexity index is 70.6. The minimum Gasteiger partial charge on any atom is -0.481 e. The summed E-state index contributed by atoms with van der Waals surface area (Å²) in [6, 6.07) is 0. The molecule has 0 amide bonds. The van der Waals surface area contributed by atoms with E-state index in [2.05, 4.69) is 0 Å². The molecule has 54 valence electrons. The van der Waals surface area contributed by atoms with E-state index in [1.54, 1.807) is 0 Å². The van der Waals surface area contributed by atoms with Crippen LogP contribution < -0.4 is 0 Å². The lowest BCUT2D eigenvalue weighted by molar-refractivity contribution is -0.135. The summed E-state index contributed by atoms with van der Waals surface area (Å²) in [6.45, 7) is 2.17. The van der Waals surface area contributed by atoms with Gasteiger partial charge in [-0.3, -0.25) is 9.59 Å². The Morgan fingerprint density at radius 2 is 1.00 bits per heavy atom. The summed E-state index contributed by atoms with van der Waals surface area (Å²) < 4.78 is 0. The molecule has 0 aromatic rings. The van der Waals surface area contributed by atoms with E-state index in [-0.39, 0.29) is 13.5 Å². The predicted molar refractivity (Wildman–Crippen MR) is 34.2 cm³/mol. The molecular weight excluding hydrogens is 144 g/mol. The lowest BCUT2D eigenvalue weighted by atomic mass is 10.9. The molecule has 0 aliphatic carbocycles. The number of carboxylic acid groups (broad SMARTS) is 2. The molecule has 5 heteroatoms. The van der Waals surface area contributed by atoms with Crippen LogP contribution in [0.2, 0.25) is 0 Å². The molecule has 0 aliphatic rings. The minimum atomic E-state index is -0.833. The van der Waals surface area contributed by atoms with E-state index < -0.39 is 11.9 Å². The highest BCUT2D eigenvalue weighted by Crippen LogP contribution is 1.42. The zero-order valence-electron chi connectivity index (χ0n) is 5.12. The summed E-state index contributed by atoms with van der Waals surface area (Å²) in [5.41, 5.74) is 0. The van der Waals surface area contributed by atoms with Gasteiger partial charge in [-0.05, 0) is 0 Å². The summed E-state index contributed by atoms with van der Waals surface area (Å²) in [5, 5.41) is 14.8. The molecule has 0 aliphatic heterocycles. The van der Waals surface area contributed by atoms with Crippen molar-refractivity contribution in [1.29, 1.82) is 0 Å². The first-order valence-electron chi connectivity index (χ1n) is 1.86. The van der Waals surface area contributed by atoms with E-state index in [9.17, 15) is 0 Å². The maximum Gasteiger partial charge on any atom is 0.300 e. The highest BCUT2D eigenvalue weighted by Gasteiger charge is 1.65. The molecule has 0 unspecified atom stereocenters. The van der Waals surface area contributed by atoms with Crippen molar-refractivity contribution in [3.8, 4) is 0 Å². The first-order valence-corrected chi connectivity index (χ1v) is 1.86. The molecule has 0 saturated carbocycles. The molecule has 0 atom stereocenters. The second kappa shape index (κ2) is 10.3. The second-order valence-corrected chi connectivity index (χ2v) is 1.04. The maximum absolute atomic E-state index is 9.00. The van der Waals surface area contributed by atoms with Gasteiger partial charge in [-0.15, -0.1) is 0 Å². The fraction of sp³-hybridized carbons (Fsp3) is 0.500. The van der Waals surface area contributed by atoms with E-state index in [4.69, 9.17) is 19.8 Å². The van der Waals surface area contributed by atoms with Crippen LogP contribution in [-0.4, -0.2) is 22.2 Å². The van der Waals surface area contributed by atoms with Crippen molar-refractivity contribution in [2.24, 2.45) is 0 Å². The normalized spacial score (nSPS) is 5.56. The molecular formula is C4H8O4S. The van der Waals surface area contributed by atoms with Gasteiger partial charge in [0.15, 0.2) is 0 Å². The molecule has 2 radical (unpaired) electrons. The molecule has 0 heterocycles. The Morgan fingerprint density at radius 1 is 1.00 bits per heavy atom. The summed E-state index contributed by atoms with van der Waals surface area (Å²) in [7, 11) is 0. The Balaban J connectivity index is -0.0000000720. The number of hydrogen-bond donors (Lipinski definition) is 2. The first-order chi connectivity index (χ1) is 3.46. The third-order valence-electron chi connectivity index (χ3n) is 0. The molecule has 0 rings (SSSR count). The smallest absolute Gasteiger partial charge is 0.300 e. The van der Waals surface area contributed by atoms with Gasteiger partial charge in [-0.1, -0.05) is 0 Å². The van der Waals surface area contributed by atoms with Crippen LogP contribution in [0.1, 0.15) is 13.8 Å². The number of carbonyl (C=O) groups is 2. The van der Waals surface area contributed by atoms with Crippen molar-refractivity contribution in [1.82, 2.24) is 0 Å². The van der Waals surface area contributed by atoms with E-state index in [1.807, 2.05) is 0 Å². The van der Waals surface area contributed by atoms with Gasteiger partial charge in [0.1, 0.15) is 0 Å². The van der Waals surface area contributed by atoms with Gasteiger partial charge in [0.05, 0.1) is 0 Å². The lowest BCUT2D eigenvalue weighted by Crippen LogP contribution is -1.78.